The molecule has 0 saturated carbocycles. The van der Waals surface area contributed by atoms with E-state index in [2.05, 4.69) is 16.4 Å². The number of aliphatic hydroxyl groups is 1. The minimum Gasteiger partial charge on any atom is -0.506 e. The van der Waals surface area contributed by atoms with Crippen molar-refractivity contribution >= 4 is 17.3 Å². The third-order valence-electron chi connectivity index (χ3n) is 3.16. The zero-order valence-electron chi connectivity index (χ0n) is 11.4. The molecule has 0 amide bonds. The fourth-order valence-electron chi connectivity index (χ4n) is 1.96. The molecule has 2 aromatic rings. The summed E-state index contributed by atoms with van der Waals surface area (Å²) in [6, 6.07) is 6.97. The molecule has 3 N–H and O–H groups in total. The Morgan fingerprint density at radius 1 is 1.43 bits per heavy atom. The number of nitrogens with one attached hydrogen (secondary N) is 1. The first-order chi connectivity index (χ1) is 10.1. The first kappa shape index (κ1) is 15.1. The van der Waals surface area contributed by atoms with Crippen LogP contribution in [0.25, 0.3) is 0 Å². The van der Waals surface area contributed by atoms with Crippen LogP contribution in [-0.2, 0) is 13.2 Å². The Labute approximate surface area is 127 Å². The van der Waals surface area contributed by atoms with Gasteiger partial charge in [-0.25, -0.2) is 0 Å². The van der Waals surface area contributed by atoms with Crippen LogP contribution in [0.4, 0.5) is 5.69 Å². The number of rotatable bonds is 4. The Kier molecular flexibility index (Phi) is 4.63. The van der Waals surface area contributed by atoms with E-state index in [-0.39, 0.29) is 18.9 Å². The lowest BCUT2D eigenvalue weighted by atomic mass is 10.1. The first-order valence-corrected chi connectivity index (χ1v) is 6.65. The molecule has 0 aliphatic carbocycles. The number of pyridine rings is 1. The van der Waals surface area contributed by atoms with Crippen LogP contribution in [0.3, 0.4) is 0 Å². The van der Waals surface area contributed by atoms with E-state index in [0.29, 0.717) is 33.1 Å². The molecule has 0 unspecified atom stereocenters. The number of nitrogens with zero attached hydrogens (tertiary/aromatic N) is 2. The van der Waals surface area contributed by atoms with Crippen molar-refractivity contribution in [2.24, 2.45) is 0 Å². The van der Waals surface area contributed by atoms with Gasteiger partial charge in [0.15, 0.2) is 0 Å². The summed E-state index contributed by atoms with van der Waals surface area (Å²) in [7, 11) is 0. The topological polar surface area (TPSA) is 89.2 Å². The second kappa shape index (κ2) is 6.44. The van der Waals surface area contributed by atoms with E-state index >= 15 is 0 Å². The van der Waals surface area contributed by atoms with Gasteiger partial charge in [0, 0.05) is 28.9 Å². The Morgan fingerprint density at radius 3 is 2.86 bits per heavy atom. The molecule has 2 rings (SSSR count). The summed E-state index contributed by atoms with van der Waals surface area (Å²) in [6.07, 6.45) is 1.52. The Morgan fingerprint density at radius 2 is 2.19 bits per heavy atom. The van der Waals surface area contributed by atoms with Crippen LogP contribution < -0.4 is 5.32 Å². The van der Waals surface area contributed by atoms with E-state index in [4.69, 9.17) is 16.9 Å². The van der Waals surface area contributed by atoms with Crippen LogP contribution in [0.1, 0.15) is 22.4 Å². The molecule has 0 saturated heterocycles. The van der Waals surface area contributed by atoms with Crippen LogP contribution in [0, 0.1) is 18.3 Å². The van der Waals surface area contributed by atoms with E-state index in [1.807, 2.05) is 0 Å². The van der Waals surface area contributed by atoms with Crippen molar-refractivity contribution in [3.8, 4) is 11.8 Å². The average molecular weight is 304 g/mol. The molecule has 108 valence electrons. The quantitative estimate of drug-likeness (QED) is 0.808. The van der Waals surface area contributed by atoms with Crippen LogP contribution in [0.5, 0.6) is 5.75 Å². The lowest BCUT2D eigenvalue weighted by Crippen LogP contribution is -2.06. The molecule has 0 aliphatic rings. The van der Waals surface area contributed by atoms with Gasteiger partial charge >= 0.3 is 0 Å². The molecule has 0 aliphatic heterocycles. The van der Waals surface area contributed by atoms with Crippen molar-refractivity contribution in [2.45, 2.75) is 20.1 Å². The van der Waals surface area contributed by atoms with Crippen LogP contribution in [0.2, 0.25) is 5.02 Å². The van der Waals surface area contributed by atoms with Crippen molar-refractivity contribution in [3.05, 3.63) is 51.8 Å². The molecule has 5 nitrogen and oxygen atoms in total. The highest BCUT2D eigenvalue weighted by molar-refractivity contribution is 6.30. The number of aromatic nitrogens is 1. The van der Waals surface area contributed by atoms with Crippen LogP contribution in [-0.4, -0.2) is 15.2 Å². The van der Waals surface area contributed by atoms with Crippen molar-refractivity contribution < 1.29 is 10.2 Å². The molecule has 1 aromatic carbocycles. The number of benzene rings is 1. The number of aliphatic hydroxyl groups excluding tert-OH is 1. The summed E-state index contributed by atoms with van der Waals surface area (Å²) in [5.41, 5.74) is 2.59. The number of hydrogen-bond acceptors (Lipinski definition) is 5. The molecule has 0 fully saturated rings. The summed E-state index contributed by atoms with van der Waals surface area (Å²) >= 11 is 5.92. The predicted octanol–water partition coefficient (Wildman–Crippen LogP) is 2.73. The van der Waals surface area contributed by atoms with Crippen molar-refractivity contribution in [1.82, 2.24) is 4.98 Å². The summed E-state index contributed by atoms with van der Waals surface area (Å²) < 4.78 is 0. The van der Waals surface area contributed by atoms with E-state index in [9.17, 15) is 10.2 Å². The summed E-state index contributed by atoms with van der Waals surface area (Å²) in [5.74, 6) is 0.0367. The maximum Gasteiger partial charge on any atom is 0.142 e. The van der Waals surface area contributed by atoms with Gasteiger partial charge in [0.05, 0.1) is 23.6 Å². The van der Waals surface area contributed by atoms with Gasteiger partial charge in [0.2, 0.25) is 0 Å². The molecule has 0 radical (unpaired) electrons. The van der Waals surface area contributed by atoms with Crippen LogP contribution >= 0.6 is 11.6 Å². The number of nitriles is 1. The fraction of sp³-hybridized carbons (Fsp3) is 0.200. The lowest BCUT2D eigenvalue weighted by molar-refractivity contribution is 0.279. The van der Waals surface area contributed by atoms with Gasteiger partial charge in [-0.15, -0.1) is 0 Å². The van der Waals surface area contributed by atoms with E-state index < -0.39 is 0 Å². The maximum atomic E-state index is 10.1. The van der Waals surface area contributed by atoms with Crippen LogP contribution in [0.15, 0.2) is 24.4 Å². The number of aromatic hydroxyl groups is 1. The minimum atomic E-state index is -0.224. The molecule has 21 heavy (non-hydrogen) atoms. The highest BCUT2D eigenvalue weighted by Crippen LogP contribution is 2.26. The monoisotopic (exact) mass is 303 g/mol. The second-order valence-electron chi connectivity index (χ2n) is 4.51. The van der Waals surface area contributed by atoms with Gasteiger partial charge in [-0.2, -0.15) is 5.26 Å². The molecule has 0 bridgehead atoms. The third-order valence-corrected chi connectivity index (χ3v) is 3.39. The standard InChI is InChI=1S/C15H14ClN3O2/c1-9-15(21)13(11(8-20)6-18-9)7-19-14-4-12(16)3-2-10(14)5-17/h2-4,6,19-21H,7-8H2,1H3. The van der Waals surface area contributed by atoms with Gasteiger partial charge < -0.3 is 15.5 Å². The summed E-state index contributed by atoms with van der Waals surface area (Å²) in [4.78, 5) is 4.00. The number of halogens is 1. The molecule has 1 heterocycles. The molecular formula is C15H14ClN3O2. The zero-order chi connectivity index (χ0) is 15.4. The summed E-state index contributed by atoms with van der Waals surface area (Å²) in [6.45, 7) is 1.71. The normalized spacial score (nSPS) is 10.2. The van der Waals surface area contributed by atoms with Gasteiger partial charge in [-0.1, -0.05) is 11.6 Å². The lowest BCUT2D eigenvalue weighted by Gasteiger charge is -2.14. The molecule has 1 aromatic heterocycles. The van der Waals surface area contributed by atoms with Gasteiger partial charge in [-0.3, -0.25) is 4.98 Å². The van der Waals surface area contributed by atoms with Gasteiger partial charge in [-0.05, 0) is 25.1 Å². The maximum absolute atomic E-state index is 10.1. The molecular weight excluding hydrogens is 290 g/mol. The van der Waals surface area contributed by atoms with Crippen molar-refractivity contribution in [1.29, 1.82) is 5.26 Å². The Hall–Kier alpha value is -2.29. The van der Waals surface area contributed by atoms with Crippen molar-refractivity contribution in [3.63, 3.8) is 0 Å². The number of hydrogen-bond donors (Lipinski definition) is 3. The highest BCUT2D eigenvalue weighted by Gasteiger charge is 2.12. The van der Waals surface area contributed by atoms with E-state index in [1.165, 1.54) is 6.20 Å². The number of anilines is 1. The zero-order valence-corrected chi connectivity index (χ0v) is 12.1. The van der Waals surface area contributed by atoms with Gasteiger partial charge in [0.1, 0.15) is 11.8 Å². The van der Waals surface area contributed by atoms with E-state index in [1.54, 1.807) is 25.1 Å². The second-order valence-corrected chi connectivity index (χ2v) is 4.95. The SMILES string of the molecule is Cc1ncc(CO)c(CNc2cc(Cl)ccc2C#N)c1O. The first-order valence-electron chi connectivity index (χ1n) is 6.27. The van der Waals surface area contributed by atoms with E-state index in [0.717, 1.165) is 0 Å². The Balaban J connectivity index is 2.31. The number of aryl methyl sites for hydroxylation is 1. The largest absolute Gasteiger partial charge is 0.506 e. The fourth-order valence-corrected chi connectivity index (χ4v) is 2.13. The van der Waals surface area contributed by atoms with Gasteiger partial charge in [0.25, 0.3) is 0 Å². The minimum absolute atomic E-state index is 0.0367. The smallest absolute Gasteiger partial charge is 0.142 e. The highest BCUT2D eigenvalue weighted by atomic mass is 35.5. The Bertz CT molecular complexity index is 711. The molecule has 6 heteroatoms. The average Bonchev–Trinajstić information content (AvgIpc) is 2.49. The summed E-state index contributed by atoms with van der Waals surface area (Å²) in [5, 5.41) is 32.0. The predicted molar refractivity (Wildman–Crippen MR) is 80.1 cm³/mol. The van der Waals surface area contributed by atoms with Crippen molar-refractivity contribution in [2.75, 3.05) is 5.32 Å². The molecule has 0 atom stereocenters. The third kappa shape index (κ3) is 3.24. The molecule has 0 spiro atoms.